The van der Waals surface area contributed by atoms with Crippen LogP contribution in [0.2, 0.25) is 0 Å². The van der Waals surface area contributed by atoms with Crippen molar-refractivity contribution in [2.75, 3.05) is 20.6 Å². The second-order valence-corrected chi connectivity index (χ2v) is 10.9. The van der Waals surface area contributed by atoms with Gasteiger partial charge in [-0.2, -0.15) is 10.2 Å². The molecule has 9 nitrogen and oxygen atoms in total. The predicted molar refractivity (Wildman–Crippen MR) is 152 cm³/mol. The summed E-state index contributed by atoms with van der Waals surface area (Å²) in [6, 6.07) is 8.48. The van der Waals surface area contributed by atoms with Gasteiger partial charge < -0.3 is 19.9 Å². The molecule has 2 N–H and O–H groups in total. The van der Waals surface area contributed by atoms with Crippen LogP contribution in [0.5, 0.6) is 0 Å². The highest BCUT2D eigenvalue weighted by Crippen LogP contribution is 2.28. The molecule has 0 aliphatic rings. The van der Waals surface area contributed by atoms with Crippen LogP contribution in [-0.2, 0) is 9.59 Å². The lowest BCUT2D eigenvalue weighted by molar-refractivity contribution is -0.138. The number of hydrogen-bond donors (Lipinski definition) is 2. The number of aromatic nitrogens is 3. The van der Waals surface area contributed by atoms with Gasteiger partial charge in [-0.15, -0.1) is 0 Å². The van der Waals surface area contributed by atoms with Crippen molar-refractivity contribution in [1.29, 1.82) is 0 Å². The summed E-state index contributed by atoms with van der Waals surface area (Å²) in [7, 11) is 3.49. The van der Waals surface area contributed by atoms with Gasteiger partial charge in [0.1, 0.15) is 12.2 Å². The Morgan fingerprint density at radius 1 is 1.10 bits per heavy atom. The number of carboxylic acids is 1. The molecule has 0 aliphatic carbocycles. The molecule has 3 atom stereocenters. The minimum absolute atomic E-state index is 0.0427. The van der Waals surface area contributed by atoms with Gasteiger partial charge in [-0.1, -0.05) is 32.0 Å². The molecule has 0 bridgehead atoms. The normalized spacial score (nSPS) is 13.7. The molecular formula is C30H38FN5O4. The highest BCUT2D eigenvalue weighted by atomic mass is 19.1. The molecule has 1 aromatic carbocycles. The Labute approximate surface area is 234 Å². The summed E-state index contributed by atoms with van der Waals surface area (Å²) < 4.78 is 15.9. The molecule has 2 aromatic heterocycles. The average molecular weight is 552 g/mol. The van der Waals surface area contributed by atoms with E-state index in [0.29, 0.717) is 17.7 Å². The van der Waals surface area contributed by atoms with Crippen molar-refractivity contribution in [2.24, 2.45) is 5.92 Å². The second kappa shape index (κ2) is 13.4. The second-order valence-electron chi connectivity index (χ2n) is 10.9. The molecule has 0 spiro atoms. The van der Waals surface area contributed by atoms with E-state index in [2.05, 4.69) is 15.5 Å². The fourth-order valence-corrected chi connectivity index (χ4v) is 4.78. The van der Waals surface area contributed by atoms with E-state index in [1.807, 2.05) is 45.9 Å². The summed E-state index contributed by atoms with van der Waals surface area (Å²) in [6.45, 7) is 7.89. The molecule has 1 amide bonds. The zero-order chi connectivity index (χ0) is 29.6. The van der Waals surface area contributed by atoms with E-state index in [1.165, 1.54) is 29.1 Å². The highest BCUT2D eigenvalue weighted by molar-refractivity contribution is 5.81. The van der Waals surface area contributed by atoms with E-state index in [1.54, 1.807) is 25.1 Å². The van der Waals surface area contributed by atoms with Crippen molar-refractivity contribution in [3.05, 3.63) is 81.4 Å². The number of pyridine rings is 1. The molecule has 3 aromatic rings. The topological polar surface area (TPSA) is 117 Å². The molecule has 2 heterocycles. The molecule has 0 saturated carbocycles. The van der Waals surface area contributed by atoms with Crippen LogP contribution in [0.1, 0.15) is 67.2 Å². The van der Waals surface area contributed by atoms with E-state index in [4.69, 9.17) is 0 Å². The lowest BCUT2D eigenvalue weighted by Gasteiger charge is -2.25. The number of aryl methyl sites for hydroxylation is 2. The van der Waals surface area contributed by atoms with E-state index >= 15 is 0 Å². The minimum Gasteiger partial charge on any atom is -0.481 e. The number of halogens is 1. The first-order chi connectivity index (χ1) is 18.9. The van der Waals surface area contributed by atoms with Crippen LogP contribution in [0.25, 0.3) is 11.3 Å². The Hall–Kier alpha value is -3.92. The standard InChI is InChI=1S/C30H38FN5O4/c1-18(2)12-26(36-11-10-21(14-27(36)37)23(31)17-35(5)6)30(40)33-24(15-28(38)39)22-13-25(34-32-16-22)29-19(3)8-7-9-20(29)4/h7-11,13-14,16,18,23-24,26H,12,15,17H2,1-6H3,(H,33,40)(H,38,39)/t23?,24-,26-/m0/s1. The van der Waals surface area contributed by atoms with Gasteiger partial charge in [-0.05, 0) is 74.7 Å². The van der Waals surface area contributed by atoms with Gasteiger partial charge in [0.2, 0.25) is 5.91 Å². The third-order valence-electron chi connectivity index (χ3n) is 6.70. The molecule has 3 rings (SSSR count). The van der Waals surface area contributed by atoms with E-state index in [9.17, 15) is 23.9 Å². The predicted octanol–water partition coefficient (Wildman–Crippen LogP) is 4.41. The Balaban J connectivity index is 1.96. The molecule has 10 heteroatoms. The fourth-order valence-electron chi connectivity index (χ4n) is 4.78. The van der Waals surface area contributed by atoms with Gasteiger partial charge in [0, 0.05) is 24.4 Å². The molecule has 0 saturated heterocycles. The van der Waals surface area contributed by atoms with Crippen LogP contribution in [0.4, 0.5) is 4.39 Å². The summed E-state index contributed by atoms with van der Waals surface area (Å²) in [5, 5.41) is 20.8. The van der Waals surface area contributed by atoms with E-state index in [-0.39, 0.29) is 24.4 Å². The van der Waals surface area contributed by atoms with Gasteiger partial charge in [0.25, 0.3) is 5.56 Å². The number of hydrogen-bond acceptors (Lipinski definition) is 6. The Morgan fingerprint density at radius 2 is 1.77 bits per heavy atom. The number of nitrogens with one attached hydrogen (secondary N) is 1. The van der Waals surface area contributed by atoms with Crippen LogP contribution in [-0.4, -0.2) is 57.3 Å². The molecule has 40 heavy (non-hydrogen) atoms. The van der Waals surface area contributed by atoms with Crippen molar-refractivity contribution in [1.82, 2.24) is 25.0 Å². The summed E-state index contributed by atoms with van der Waals surface area (Å²) in [5.74, 6) is -1.57. The monoisotopic (exact) mass is 551 g/mol. The number of rotatable bonds is 12. The number of likely N-dealkylation sites (N-methyl/N-ethyl adjacent to an activating group) is 1. The molecule has 0 fully saturated rings. The number of alkyl halides is 1. The first-order valence-electron chi connectivity index (χ1n) is 13.3. The number of carbonyl (C=O) groups excluding carboxylic acids is 1. The molecular weight excluding hydrogens is 513 g/mol. The average Bonchev–Trinajstić information content (AvgIpc) is 2.86. The lowest BCUT2D eigenvalue weighted by atomic mass is 9.97. The molecule has 0 aliphatic heterocycles. The van der Waals surface area contributed by atoms with E-state index in [0.717, 1.165) is 16.7 Å². The minimum atomic E-state index is -1.35. The number of carbonyl (C=O) groups is 2. The van der Waals surface area contributed by atoms with Gasteiger partial charge in [-0.25, -0.2) is 4.39 Å². The van der Waals surface area contributed by atoms with Crippen LogP contribution in [0, 0.1) is 19.8 Å². The van der Waals surface area contributed by atoms with Gasteiger partial charge in [-0.3, -0.25) is 14.4 Å². The Morgan fingerprint density at radius 3 is 2.35 bits per heavy atom. The lowest BCUT2D eigenvalue weighted by Crippen LogP contribution is -2.40. The Bertz CT molecular complexity index is 1380. The number of aliphatic carboxylic acids is 1. The summed E-state index contributed by atoms with van der Waals surface area (Å²) in [5.41, 5.74) is 3.67. The van der Waals surface area contributed by atoms with Crippen LogP contribution in [0.15, 0.2) is 53.6 Å². The highest BCUT2D eigenvalue weighted by Gasteiger charge is 2.28. The summed E-state index contributed by atoms with van der Waals surface area (Å²) in [4.78, 5) is 40.2. The van der Waals surface area contributed by atoms with Crippen molar-refractivity contribution >= 4 is 11.9 Å². The van der Waals surface area contributed by atoms with Crippen molar-refractivity contribution in [3.63, 3.8) is 0 Å². The van der Waals surface area contributed by atoms with Crippen molar-refractivity contribution in [3.8, 4) is 11.3 Å². The fraction of sp³-hybridized carbons (Fsp3) is 0.433. The number of benzene rings is 1. The third-order valence-corrected chi connectivity index (χ3v) is 6.70. The van der Waals surface area contributed by atoms with Crippen molar-refractivity contribution in [2.45, 2.75) is 58.8 Å². The number of amides is 1. The van der Waals surface area contributed by atoms with Gasteiger partial charge in [0.15, 0.2) is 0 Å². The zero-order valence-electron chi connectivity index (χ0n) is 23.9. The maximum absolute atomic E-state index is 14.6. The van der Waals surface area contributed by atoms with Gasteiger partial charge in [0.05, 0.1) is 24.4 Å². The first kappa shape index (κ1) is 30.6. The van der Waals surface area contributed by atoms with Crippen molar-refractivity contribution < 1.29 is 19.1 Å². The smallest absolute Gasteiger partial charge is 0.305 e. The Kier molecular flexibility index (Phi) is 10.3. The first-order valence-corrected chi connectivity index (χ1v) is 13.3. The number of nitrogens with zero attached hydrogens (tertiary/aromatic N) is 4. The maximum Gasteiger partial charge on any atom is 0.305 e. The van der Waals surface area contributed by atoms with Crippen LogP contribution < -0.4 is 10.9 Å². The maximum atomic E-state index is 14.6. The van der Waals surface area contributed by atoms with Gasteiger partial charge >= 0.3 is 5.97 Å². The zero-order valence-corrected chi connectivity index (χ0v) is 23.9. The van der Waals surface area contributed by atoms with Crippen LogP contribution in [0.3, 0.4) is 0 Å². The largest absolute Gasteiger partial charge is 0.481 e. The number of carboxylic acid groups (broad SMARTS) is 1. The third kappa shape index (κ3) is 7.81. The molecule has 0 radical (unpaired) electrons. The van der Waals surface area contributed by atoms with E-state index < -0.39 is 35.7 Å². The SMILES string of the molecule is Cc1cccc(C)c1-c1cc([C@H](CC(=O)O)NC(=O)[C@H](CC(C)C)n2ccc(C(F)CN(C)C)cc2=O)cnn1. The van der Waals surface area contributed by atoms with Crippen LogP contribution >= 0.6 is 0 Å². The quantitative estimate of drug-likeness (QED) is 0.342. The molecule has 214 valence electrons. The summed E-state index contributed by atoms with van der Waals surface area (Å²) >= 11 is 0. The summed E-state index contributed by atoms with van der Waals surface area (Å²) in [6.07, 6.45) is 1.46. The molecule has 1 unspecified atom stereocenters.